The molecule has 0 aliphatic heterocycles. The lowest BCUT2D eigenvalue weighted by molar-refractivity contribution is 0.268. The quantitative estimate of drug-likeness (QED) is 0.679. The van der Waals surface area contributed by atoms with E-state index >= 15 is 0 Å². The number of aliphatic hydroxyl groups is 1. The van der Waals surface area contributed by atoms with Crippen LogP contribution in [0.3, 0.4) is 0 Å². The van der Waals surface area contributed by atoms with Crippen molar-refractivity contribution >= 4 is 0 Å². The van der Waals surface area contributed by atoms with E-state index < -0.39 is 6.04 Å². The molecule has 2 N–H and O–H groups in total. The molecule has 82 valence electrons. The molecule has 1 aromatic heterocycles. The number of nitrogens with one attached hydrogen (secondary N) is 1. The lowest BCUT2D eigenvalue weighted by atomic mass is 10.2. The summed E-state index contributed by atoms with van der Waals surface area (Å²) in [4.78, 5) is 0. The Morgan fingerprint density at radius 3 is 3.13 bits per heavy atom. The molecule has 1 heterocycles. The third-order valence-electron chi connectivity index (χ3n) is 1.91. The first-order valence-corrected chi connectivity index (χ1v) is 4.95. The highest BCUT2D eigenvalue weighted by atomic mass is 16.3. The molecule has 0 bridgehead atoms. The van der Waals surface area contributed by atoms with Crippen LogP contribution in [-0.4, -0.2) is 33.3 Å². The second-order valence-corrected chi connectivity index (χ2v) is 3.15. The number of rotatable bonds is 6. The summed E-state index contributed by atoms with van der Waals surface area (Å²) in [5, 5.41) is 28.3. The first kappa shape index (κ1) is 11.6. The molecule has 1 atom stereocenters. The van der Waals surface area contributed by atoms with E-state index in [1.807, 2.05) is 6.92 Å². The third-order valence-corrected chi connectivity index (χ3v) is 1.91. The van der Waals surface area contributed by atoms with E-state index in [2.05, 4.69) is 21.7 Å². The number of nitriles is 1. The minimum absolute atomic E-state index is 0.0163. The van der Waals surface area contributed by atoms with Gasteiger partial charge in [-0.05, 0) is 13.0 Å². The number of hydrogen-bond donors (Lipinski definition) is 2. The summed E-state index contributed by atoms with van der Waals surface area (Å²) in [6, 6.07) is 1.70. The van der Waals surface area contributed by atoms with Crippen molar-refractivity contribution in [3.05, 3.63) is 11.9 Å². The van der Waals surface area contributed by atoms with Crippen LogP contribution in [0.1, 0.15) is 25.1 Å². The van der Waals surface area contributed by atoms with Gasteiger partial charge in [0.2, 0.25) is 0 Å². The molecule has 0 fully saturated rings. The monoisotopic (exact) mass is 209 g/mol. The standard InChI is InChI=1S/C9H15N5O/c1-2-3-11-8(6-10)9-7-14(4-5-15)13-12-9/h7-8,11,15H,2-5H2,1H3. The molecule has 6 heteroatoms. The molecule has 6 nitrogen and oxygen atoms in total. The number of aliphatic hydroxyl groups excluding tert-OH is 1. The molecule has 0 amide bonds. The summed E-state index contributed by atoms with van der Waals surface area (Å²) >= 11 is 0. The Morgan fingerprint density at radius 2 is 2.53 bits per heavy atom. The molecule has 0 aliphatic rings. The number of hydrogen-bond acceptors (Lipinski definition) is 5. The minimum Gasteiger partial charge on any atom is -0.394 e. The molecular formula is C9H15N5O. The van der Waals surface area contributed by atoms with E-state index in [0.29, 0.717) is 12.2 Å². The Kier molecular flexibility index (Phi) is 4.74. The van der Waals surface area contributed by atoms with Crippen LogP contribution >= 0.6 is 0 Å². The fraction of sp³-hybridized carbons (Fsp3) is 0.667. The second-order valence-electron chi connectivity index (χ2n) is 3.15. The van der Waals surface area contributed by atoms with Gasteiger partial charge in [0.25, 0.3) is 0 Å². The van der Waals surface area contributed by atoms with Crippen molar-refractivity contribution in [3.8, 4) is 6.07 Å². The Balaban J connectivity index is 2.62. The normalized spacial score (nSPS) is 12.3. The van der Waals surface area contributed by atoms with Crippen LogP contribution in [0.25, 0.3) is 0 Å². The average molecular weight is 209 g/mol. The van der Waals surface area contributed by atoms with Crippen LogP contribution in [0.4, 0.5) is 0 Å². The summed E-state index contributed by atoms with van der Waals surface area (Å²) in [6.45, 7) is 3.22. The molecule has 1 unspecified atom stereocenters. The van der Waals surface area contributed by atoms with Crippen LogP contribution < -0.4 is 5.32 Å². The smallest absolute Gasteiger partial charge is 0.141 e. The molecule has 0 radical (unpaired) electrons. The van der Waals surface area contributed by atoms with Gasteiger partial charge in [0, 0.05) is 0 Å². The summed E-state index contributed by atoms with van der Waals surface area (Å²) in [5.74, 6) is 0. The molecule has 0 aromatic carbocycles. The van der Waals surface area contributed by atoms with Crippen molar-refractivity contribution < 1.29 is 5.11 Å². The fourth-order valence-corrected chi connectivity index (χ4v) is 1.16. The van der Waals surface area contributed by atoms with Crippen molar-refractivity contribution in [3.63, 3.8) is 0 Å². The van der Waals surface area contributed by atoms with Crippen LogP contribution in [0.2, 0.25) is 0 Å². The molecule has 0 spiro atoms. The number of aromatic nitrogens is 3. The van der Waals surface area contributed by atoms with Gasteiger partial charge in [-0.25, -0.2) is 4.68 Å². The Bertz CT molecular complexity index is 329. The van der Waals surface area contributed by atoms with Crippen LogP contribution in [0.5, 0.6) is 0 Å². The predicted octanol–water partition coefficient (Wildman–Crippen LogP) is -0.165. The zero-order valence-electron chi connectivity index (χ0n) is 8.72. The van der Waals surface area contributed by atoms with Crippen molar-refractivity contribution in [1.29, 1.82) is 5.26 Å². The molecule has 15 heavy (non-hydrogen) atoms. The summed E-state index contributed by atoms with van der Waals surface area (Å²) in [6.07, 6.45) is 2.63. The second kappa shape index (κ2) is 6.11. The Hall–Kier alpha value is -1.45. The van der Waals surface area contributed by atoms with Crippen molar-refractivity contribution in [2.24, 2.45) is 0 Å². The first-order valence-electron chi connectivity index (χ1n) is 4.95. The summed E-state index contributed by atoms with van der Waals surface area (Å²) in [5.41, 5.74) is 0.597. The molecular weight excluding hydrogens is 194 g/mol. The topological polar surface area (TPSA) is 86.8 Å². The van der Waals surface area contributed by atoms with Gasteiger partial charge in [-0.1, -0.05) is 12.1 Å². The van der Waals surface area contributed by atoms with E-state index in [9.17, 15) is 0 Å². The van der Waals surface area contributed by atoms with Gasteiger partial charge >= 0.3 is 0 Å². The SMILES string of the molecule is CCCNC(C#N)c1cn(CCO)nn1. The maximum atomic E-state index is 8.91. The minimum atomic E-state index is -0.419. The molecule has 0 saturated carbocycles. The van der Waals surface area contributed by atoms with Gasteiger partial charge in [0.1, 0.15) is 11.7 Å². The highest BCUT2D eigenvalue weighted by Gasteiger charge is 2.13. The van der Waals surface area contributed by atoms with Crippen molar-refractivity contribution in [1.82, 2.24) is 20.3 Å². The van der Waals surface area contributed by atoms with Crippen LogP contribution in [-0.2, 0) is 6.54 Å². The van der Waals surface area contributed by atoms with E-state index in [0.717, 1.165) is 13.0 Å². The van der Waals surface area contributed by atoms with Gasteiger partial charge in [0.05, 0.1) is 25.4 Å². The maximum Gasteiger partial charge on any atom is 0.141 e. The van der Waals surface area contributed by atoms with Gasteiger partial charge in [-0.3, -0.25) is 5.32 Å². The Labute approximate surface area is 88.5 Å². The Morgan fingerprint density at radius 1 is 1.73 bits per heavy atom. The van der Waals surface area contributed by atoms with Crippen LogP contribution in [0.15, 0.2) is 6.20 Å². The van der Waals surface area contributed by atoms with E-state index in [1.54, 1.807) is 6.20 Å². The van der Waals surface area contributed by atoms with Gasteiger partial charge < -0.3 is 5.11 Å². The average Bonchev–Trinajstić information content (AvgIpc) is 2.68. The third kappa shape index (κ3) is 3.31. The molecule has 1 aromatic rings. The highest BCUT2D eigenvalue weighted by Crippen LogP contribution is 2.07. The predicted molar refractivity (Wildman–Crippen MR) is 53.8 cm³/mol. The lowest BCUT2D eigenvalue weighted by Crippen LogP contribution is -2.20. The molecule has 1 rings (SSSR count). The van der Waals surface area contributed by atoms with Crippen LogP contribution in [0, 0.1) is 11.3 Å². The maximum absolute atomic E-state index is 8.91. The zero-order chi connectivity index (χ0) is 11.1. The zero-order valence-corrected chi connectivity index (χ0v) is 8.72. The summed E-state index contributed by atoms with van der Waals surface area (Å²) in [7, 11) is 0. The van der Waals surface area contributed by atoms with Crippen molar-refractivity contribution in [2.75, 3.05) is 13.2 Å². The molecule has 0 aliphatic carbocycles. The van der Waals surface area contributed by atoms with Gasteiger partial charge in [0.15, 0.2) is 0 Å². The van der Waals surface area contributed by atoms with Crippen molar-refractivity contribution in [2.45, 2.75) is 25.9 Å². The summed E-state index contributed by atoms with van der Waals surface area (Å²) < 4.78 is 1.52. The fourth-order valence-electron chi connectivity index (χ4n) is 1.16. The largest absolute Gasteiger partial charge is 0.394 e. The van der Waals surface area contributed by atoms with Gasteiger partial charge in [-0.15, -0.1) is 5.10 Å². The van der Waals surface area contributed by atoms with E-state index in [1.165, 1.54) is 4.68 Å². The van der Waals surface area contributed by atoms with E-state index in [4.69, 9.17) is 10.4 Å². The van der Waals surface area contributed by atoms with E-state index in [-0.39, 0.29) is 6.61 Å². The first-order chi connectivity index (χ1) is 7.31. The van der Waals surface area contributed by atoms with Gasteiger partial charge in [-0.2, -0.15) is 5.26 Å². The lowest BCUT2D eigenvalue weighted by Gasteiger charge is -2.05. The number of nitrogens with zero attached hydrogens (tertiary/aromatic N) is 4. The highest BCUT2D eigenvalue weighted by molar-refractivity contribution is 5.10. The molecule has 0 saturated heterocycles.